The van der Waals surface area contributed by atoms with Crippen molar-refractivity contribution in [2.24, 2.45) is 0 Å². The van der Waals surface area contributed by atoms with Gasteiger partial charge in [-0.05, 0) is 33.1 Å². The zero-order valence-electron chi connectivity index (χ0n) is 10.6. The summed E-state index contributed by atoms with van der Waals surface area (Å²) in [7, 11) is 0. The van der Waals surface area contributed by atoms with Crippen LogP contribution in [-0.2, 0) is 9.53 Å². The Labute approximate surface area is 105 Å². The summed E-state index contributed by atoms with van der Waals surface area (Å²) in [5.74, 6) is -0.172. The quantitative estimate of drug-likeness (QED) is 0.567. The van der Waals surface area contributed by atoms with Crippen molar-refractivity contribution in [1.29, 1.82) is 0 Å². The molecule has 0 radical (unpaired) electrons. The smallest absolute Gasteiger partial charge is 0.302 e. The molecule has 0 aromatic rings. The molecule has 0 amide bonds. The number of carbonyl (C=O) groups excluding carboxylic acids is 1. The first-order chi connectivity index (χ1) is 7.11. The van der Waals surface area contributed by atoms with E-state index in [0.29, 0.717) is 18.7 Å². The minimum atomic E-state index is -0.172. The molecule has 0 aromatic heterocycles. The van der Waals surface area contributed by atoms with E-state index >= 15 is 0 Å². The fourth-order valence-corrected chi connectivity index (χ4v) is 2.38. The van der Waals surface area contributed by atoms with Crippen molar-refractivity contribution in [1.82, 2.24) is 4.90 Å². The van der Waals surface area contributed by atoms with Crippen LogP contribution in [0.2, 0.25) is 0 Å². The third-order valence-corrected chi connectivity index (χ3v) is 3.24. The van der Waals surface area contributed by atoms with Gasteiger partial charge in [-0.2, -0.15) is 0 Å². The first-order valence-corrected chi connectivity index (χ1v) is 6.00. The largest absolute Gasteiger partial charge is 0.466 e. The first kappa shape index (κ1) is 15.7. The predicted octanol–water partition coefficient (Wildman–Crippen LogP) is 2.62. The van der Waals surface area contributed by atoms with E-state index in [9.17, 15) is 4.79 Å². The molecule has 2 atom stereocenters. The van der Waals surface area contributed by atoms with Gasteiger partial charge in [-0.3, -0.25) is 9.69 Å². The topological polar surface area (TPSA) is 29.5 Å². The maximum absolute atomic E-state index is 10.6. The molecule has 96 valence electrons. The Balaban J connectivity index is 0.00000225. The SMILES string of the molecule is CC(=O)OCCCN1C(C)CCCC1C.Cl. The summed E-state index contributed by atoms with van der Waals surface area (Å²) in [5, 5.41) is 0. The van der Waals surface area contributed by atoms with E-state index < -0.39 is 0 Å². The van der Waals surface area contributed by atoms with Crippen LogP contribution in [0.25, 0.3) is 0 Å². The Morgan fingerprint density at radius 2 is 1.88 bits per heavy atom. The van der Waals surface area contributed by atoms with Crippen LogP contribution < -0.4 is 0 Å². The van der Waals surface area contributed by atoms with Gasteiger partial charge >= 0.3 is 5.97 Å². The molecule has 2 unspecified atom stereocenters. The number of likely N-dealkylation sites (tertiary alicyclic amines) is 1. The molecule has 0 N–H and O–H groups in total. The van der Waals surface area contributed by atoms with Crippen LogP contribution in [-0.4, -0.2) is 36.1 Å². The van der Waals surface area contributed by atoms with Crippen molar-refractivity contribution in [3.8, 4) is 0 Å². The van der Waals surface area contributed by atoms with Gasteiger partial charge in [0, 0.05) is 25.6 Å². The number of rotatable bonds is 4. The second-order valence-corrected chi connectivity index (χ2v) is 4.56. The van der Waals surface area contributed by atoms with Gasteiger partial charge < -0.3 is 4.74 Å². The molecule has 1 aliphatic heterocycles. The predicted molar refractivity (Wildman–Crippen MR) is 68.0 cm³/mol. The standard InChI is InChI=1S/C12H23NO2.ClH/c1-10-6-4-7-11(2)13(10)8-5-9-15-12(3)14;/h10-11H,4-9H2,1-3H3;1H. The van der Waals surface area contributed by atoms with Crippen molar-refractivity contribution in [2.75, 3.05) is 13.2 Å². The average Bonchev–Trinajstić information content (AvgIpc) is 2.15. The Morgan fingerprint density at radius 1 is 1.31 bits per heavy atom. The van der Waals surface area contributed by atoms with Gasteiger partial charge in [0.15, 0.2) is 0 Å². The number of nitrogens with zero attached hydrogens (tertiary/aromatic N) is 1. The minimum Gasteiger partial charge on any atom is -0.466 e. The normalized spacial score (nSPS) is 25.9. The number of carbonyl (C=O) groups is 1. The van der Waals surface area contributed by atoms with E-state index in [1.54, 1.807) is 0 Å². The molecule has 1 aliphatic rings. The summed E-state index contributed by atoms with van der Waals surface area (Å²) in [5.41, 5.74) is 0. The Bertz CT molecular complexity index is 201. The third kappa shape index (κ3) is 5.17. The fourth-order valence-electron chi connectivity index (χ4n) is 2.38. The van der Waals surface area contributed by atoms with Crippen LogP contribution in [0.4, 0.5) is 0 Å². The Hall–Kier alpha value is -0.280. The van der Waals surface area contributed by atoms with E-state index in [-0.39, 0.29) is 18.4 Å². The van der Waals surface area contributed by atoms with Crippen molar-refractivity contribution < 1.29 is 9.53 Å². The molecule has 1 rings (SSSR count). The Kier molecular flexibility index (Phi) is 7.77. The highest BCUT2D eigenvalue weighted by Crippen LogP contribution is 2.22. The summed E-state index contributed by atoms with van der Waals surface area (Å²) in [6.45, 7) is 7.66. The molecule has 1 heterocycles. The third-order valence-electron chi connectivity index (χ3n) is 3.24. The number of halogens is 1. The van der Waals surface area contributed by atoms with Crippen LogP contribution in [0.15, 0.2) is 0 Å². The fraction of sp³-hybridized carbons (Fsp3) is 0.917. The zero-order valence-corrected chi connectivity index (χ0v) is 11.4. The maximum atomic E-state index is 10.6. The van der Waals surface area contributed by atoms with E-state index in [1.165, 1.54) is 26.2 Å². The highest BCUT2D eigenvalue weighted by molar-refractivity contribution is 5.85. The molecule has 1 saturated heterocycles. The maximum Gasteiger partial charge on any atom is 0.302 e. The summed E-state index contributed by atoms with van der Waals surface area (Å²) < 4.78 is 4.94. The van der Waals surface area contributed by atoms with E-state index in [2.05, 4.69) is 18.7 Å². The van der Waals surface area contributed by atoms with Gasteiger partial charge in [0.2, 0.25) is 0 Å². The second kappa shape index (κ2) is 7.91. The van der Waals surface area contributed by atoms with E-state index in [0.717, 1.165) is 13.0 Å². The summed E-state index contributed by atoms with van der Waals surface area (Å²) >= 11 is 0. The molecule has 0 bridgehead atoms. The highest BCUT2D eigenvalue weighted by atomic mass is 35.5. The van der Waals surface area contributed by atoms with Crippen LogP contribution in [0.3, 0.4) is 0 Å². The van der Waals surface area contributed by atoms with Crippen molar-refractivity contribution in [3.63, 3.8) is 0 Å². The van der Waals surface area contributed by atoms with Crippen LogP contribution in [0.5, 0.6) is 0 Å². The van der Waals surface area contributed by atoms with Gasteiger partial charge in [0.1, 0.15) is 0 Å². The lowest BCUT2D eigenvalue weighted by Gasteiger charge is -2.38. The molecule has 3 nitrogen and oxygen atoms in total. The minimum absolute atomic E-state index is 0. The summed E-state index contributed by atoms with van der Waals surface area (Å²) in [6.07, 6.45) is 4.91. The second-order valence-electron chi connectivity index (χ2n) is 4.56. The number of piperidine rings is 1. The van der Waals surface area contributed by atoms with Crippen LogP contribution in [0.1, 0.15) is 46.5 Å². The molecule has 4 heteroatoms. The lowest BCUT2D eigenvalue weighted by Crippen LogP contribution is -2.44. The zero-order chi connectivity index (χ0) is 11.3. The van der Waals surface area contributed by atoms with Gasteiger partial charge in [-0.25, -0.2) is 0 Å². The number of esters is 1. The first-order valence-electron chi connectivity index (χ1n) is 6.00. The monoisotopic (exact) mass is 249 g/mol. The van der Waals surface area contributed by atoms with Gasteiger partial charge in [-0.15, -0.1) is 12.4 Å². The van der Waals surface area contributed by atoms with Gasteiger partial charge in [-0.1, -0.05) is 6.42 Å². The summed E-state index contributed by atoms with van der Waals surface area (Å²) in [6, 6.07) is 1.37. The lowest BCUT2D eigenvalue weighted by atomic mass is 9.97. The number of hydrogen-bond donors (Lipinski definition) is 0. The Morgan fingerprint density at radius 3 is 2.38 bits per heavy atom. The van der Waals surface area contributed by atoms with E-state index in [1.807, 2.05) is 0 Å². The van der Waals surface area contributed by atoms with Gasteiger partial charge in [0.05, 0.1) is 6.61 Å². The number of ether oxygens (including phenoxy) is 1. The summed E-state index contributed by atoms with van der Waals surface area (Å²) in [4.78, 5) is 13.1. The molecule has 0 saturated carbocycles. The van der Waals surface area contributed by atoms with E-state index in [4.69, 9.17) is 4.74 Å². The molecule has 0 spiro atoms. The molecule has 16 heavy (non-hydrogen) atoms. The van der Waals surface area contributed by atoms with Gasteiger partial charge in [0.25, 0.3) is 0 Å². The number of hydrogen-bond acceptors (Lipinski definition) is 3. The lowest BCUT2D eigenvalue weighted by molar-refractivity contribution is -0.141. The van der Waals surface area contributed by atoms with Crippen LogP contribution in [0, 0.1) is 0 Å². The molecular weight excluding hydrogens is 226 g/mol. The highest BCUT2D eigenvalue weighted by Gasteiger charge is 2.23. The van der Waals surface area contributed by atoms with Crippen molar-refractivity contribution in [2.45, 2.75) is 58.5 Å². The average molecular weight is 250 g/mol. The molecular formula is C12H24ClNO2. The van der Waals surface area contributed by atoms with Crippen LogP contribution >= 0.6 is 12.4 Å². The van der Waals surface area contributed by atoms with Crippen molar-refractivity contribution in [3.05, 3.63) is 0 Å². The molecule has 0 aromatic carbocycles. The van der Waals surface area contributed by atoms with Crippen molar-refractivity contribution >= 4 is 18.4 Å². The molecule has 0 aliphatic carbocycles. The molecule has 1 fully saturated rings.